The minimum absolute atomic E-state index is 0.144. The SMILES string of the molecule is O=C1CC[C@@H](N2Cc3c(ccc4c3N3CCNC[C@H]3CO4)C2=O)C(=O)N1. The molecule has 0 saturated carbocycles. The summed E-state index contributed by atoms with van der Waals surface area (Å²) in [5.41, 5.74) is 2.56. The van der Waals surface area contributed by atoms with Crippen molar-refractivity contribution >= 4 is 23.4 Å². The van der Waals surface area contributed by atoms with Crippen LogP contribution in [0.2, 0.25) is 0 Å². The highest BCUT2D eigenvalue weighted by atomic mass is 16.5. The van der Waals surface area contributed by atoms with E-state index in [9.17, 15) is 14.4 Å². The van der Waals surface area contributed by atoms with E-state index in [4.69, 9.17) is 4.74 Å². The van der Waals surface area contributed by atoms with Crippen LogP contribution in [0, 0.1) is 0 Å². The van der Waals surface area contributed by atoms with Crippen LogP contribution in [0.15, 0.2) is 12.1 Å². The second-order valence-corrected chi connectivity index (χ2v) is 7.20. The third-order valence-corrected chi connectivity index (χ3v) is 5.72. The van der Waals surface area contributed by atoms with Crippen molar-refractivity contribution < 1.29 is 19.1 Å². The van der Waals surface area contributed by atoms with Crippen molar-refractivity contribution in [1.82, 2.24) is 15.5 Å². The van der Waals surface area contributed by atoms with Gasteiger partial charge in [0.2, 0.25) is 11.8 Å². The summed E-state index contributed by atoms with van der Waals surface area (Å²) in [4.78, 5) is 40.5. The topological polar surface area (TPSA) is 91.0 Å². The highest BCUT2D eigenvalue weighted by Crippen LogP contribution is 2.43. The largest absolute Gasteiger partial charge is 0.489 e. The van der Waals surface area contributed by atoms with Crippen LogP contribution < -0.4 is 20.3 Å². The summed E-state index contributed by atoms with van der Waals surface area (Å²) in [6.45, 7) is 3.62. The Bertz CT molecular complexity index is 824. The summed E-state index contributed by atoms with van der Waals surface area (Å²) in [5, 5.41) is 5.72. The van der Waals surface area contributed by atoms with E-state index in [1.807, 2.05) is 6.07 Å². The lowest BCUT2D eigenvalue weighted by atomic mass is 10.0. The molecule has 8 heteroatoms. The zero-order valence-corrected chi connectivity index (χ0v) is 14.3. The zero-order chi connectivity index (χ0) is 17.8. The summed E-state index contributed by atoms with van der Waals surface area (Å²) in [5.74, 6) is 0.00630. The van der Waals surface area contributed by atoms with Crippen LogP contribution >= 0.6 is 0 Å². The predicted molar refractivity (Wildman–Crippen MR) is 92.0 cm³/mol. The first-order chi connectivity index (χ1) is 12.6. The molecule has 26 heavy (non-hydrogen) atoms. The van der Waals surface area contributed by atoms with Crippen molar-refractivity contribution in [3.05, 3.63) is 23.3 Å². The van der Waals surface area contributed by atoms with Gasteiger partial charge in [-0.2, -0.15) is 0 Å². The molecule has 0 aromatic heterocycles. The van der Waals surface area contributed by atoms with Gasteiger partial charge in [0.15, 0.2) is 0 Å². The number of carbonyl (C=O) groups is 3. The molecule has 136 valence electrons. The average Bonchev–Trinajstić information content (AvgIpc) is 2.98. The first-order valence-electron chi connectivity index (χ1n) is 9.04. The third-order valence-electron chi connectivity index (χ3n) is 5.72. The number of rotatable bonds is 1. The van der Waals surface area contributed by atoms with E-state index in [1.165, 1.54) is 0 Å². The molecule has 2 N–H and O–H groups in total. The maximum atomic E-state index is 13.0. The molecular formula is C18H20N4O4. The second kappa shape index (κ2) is 5.70. The van der Waals surface area contributed by atoms with E-state index >= 15 is 0 Å². The molecule has 4 aliphatic heterocycles. The number of amides is 3. The van der Waals surface area contributed by atoms with Gasteiger partial charge in [-0.25, -0.2) is 0 Å². The number of nitrogens with zero attached hydrogens (tertiary/aromatic N) is 2. The Morgan fingerprint density at radius 3 is 2.88 bits per heavy atom. The fourth-order valence-corrected chi connectivity index (χ4v) is 4.42. The molecule has 0 radical (unpaired) electrons. The van der Waals surface area contributed by atoms with Gasteiger partial charge in [-0.05, 0) is 18.6 Å². The highest BCUT2D eigenvalue weighted by Gasteiger charge is 2.42. The molecule has 0 aliphatic carbocycles. The van der Waals surface area contributed by atoms with Gasteiger partial charge in [0.25, 0.3) is 5.91 Å². The average molecular weight is 356 g/mol. The number of ether oxygens (including phenoxy) is 1. The fourth-order valence-electron chi connectivity index (χ4n) is 4.42. The lowest BCUT2D eigenvalue weighted by Crippen LogP contribution is -2.56. The summed E-state index contributed by atoms with van der Waals surface area (Å²) in [6, 6.07) is 3.32. The van der Waals surface area contributed by atoms with Crippen molar-refractivity contribution in [3.63, 3.8) is 0 Å². The number of anilines is 1. The molecule has 1 aromatic carbocycles. The molecule has 2 fully saturated rings. The summed E-state index contributed by atoms with van der Waals surface area (Å²) in [7, 11) is 0. The van der Waals surface area contributed by atoms with Gasteiger partial charge in [0.1, 0.15) is 18.4 Å². The summed E-state index contributed by atoms with van der Waals surface area (Å²) in [6.07, 6.45) is 0.636. The van der Waals surface area contributed by atoms with Gasteiger partial charge in [0, 0.05) is 43.7 Å². The number of nitrogens with one attached hydrogen (secondary N) is 2. The normalized spacial score (nSPS) is 27.5. The lowest BCUT2D eigenvalue weighted by molar-refractivity contribution is -0.136. The number of benzene rings is 1. The second-order valence-electron chi connectivity index (χ2n) is 7.20. The van der Waals surface area contributed by atoms with Crippen LogP contribution in [0.1, 0.15) is 28.8 Å². The van der Waals surface area contributed by atoms with Crippen molar-refractivity contribution in [2.75, 3.05) is 31.1 Å². The van der Waals surface area contributed by atoms with Crippen LogP contribution in [0.5, 0.6) is 5.75 Å². The molecule has 8 nitrogen and oxygen atoms in total. The number of imide groups is 1. The number of piperidine rings is 1. The fraction of sp³-hybridized carbons (Fsp3) is 0.500. The maximum Gasteiger partial charge on any atom is 0.255 e. The van der Waals surface area contributed by atoms with E-state index in [2.05, 4.69) is 15.5 Å². The molecule has 2 atom stereocenters. The molecule has 3 amide bonds. The molecule has 0 bridgehead atoms. The molecule has 2 saturated heterocycles. The first kappa shape index (κ1) is 15.6. The van der Waals surface area contributed by atoms with Crippen molar-refractivity contribution in [3.8, 4) is 5.75 Å². The van der Waals surface area contributed by atoms with E-state index in [0.29, 0.717) is 25.1 Å². The Morgan fingerprint density at radius 2 is 2.04 bits per heavy atom. The van der Waals surface area contributed by atoms with Crippen molar-refractivity contribution in [2.24, 2.45) is 0 Å². The van der Waals surface area contributed by atoms with Crippen LogP contribution in [0.4, 0.5) is 5.69 Å². The van der Waals surface area contributed by atoms with Gasteiger partial charge < -0.3 is 19.9 Å². The zero-order valence-electron chi connectivity index (χ0n) is 14.3. The Kier molecular flexibility index (Phi) is 3.43. The Balaban J connectivity index is 1.51. The molecule has 0 unspecified atom stereocenters. The van der Waals surface area contributed by atoms with Crippen molar-refractivity contribution in [2.45, 2.75) is 31.5 Å². The molecule has 1 aromatic rings. The summed E-state index contributed by atoms with van der Waals surface area (Å²) < 4.78 is 5.93. The number of hydrogen-bond acceptors (Lipinski definition) is 6. The van der Waals surface area contributed by atoms with Crippen molar-refractivity contribution in [1.29, 1.82) is 0 Å². The maximum absolute atomic E-state index is 13.0. The van der Waals surface area contributed by atoms with E-state index in [0.717, 1.165) is 36.6 Å². The van der Waals surface area contributed by atoms with E-state index < -0.39 is 6.04 Å². The number of piperazine rings is 1. The highest BCUT2D eigenvalue weighted by molar-refractivity contribution is 6.06. The first-order valence-corrected chi connectivity index (χ1v) is 9.04. The van der Waals surface area contributed by atoms with Gasteiger partial charge in [0.05, 0.1) is 11.7 Å². The third kappa shape index (κ3) is 2.21. The number of carbonyl (C=O) groups excluding carboxylic acids is 3. The minimum atomic E-state index is -0.591. The predicted octanol–water partition coefficient (Wildman–Crippen LogP) is -0.382. The molecular weight excluding hydrogens is 336 g/mol. The van der Waals surface area contributed by atoms with E-state index in [-0.39, 0.29) is 30.2 Å². The van der Waals surface area contributed by atoms with Gasteiger partial charge in [-0.1, -0.05) is 0 Å². The quantitative estimate of drug-likeness (QED) is 0.667. The lowest BCUT2D eigenvalue weighted by Gasteiger charge is -2.42. The molecule has 4 aliphatic rings. The summed E-state index contributed by atoms with van der Waals surface area (Å²) >= 11 is 0. The molecule has 5 rings (SSSR count). The van der Waals surface area contributed by atoms with Crippen LogP contribution in [-0.2, 0) is 16.1 Å². The van der Waals surface area contributed by atoms with Crippen LogP contribution in [0.3, 0.4) is 0 Å². The Labute approximate surface area is 150 Å². The minimum Gasteiger partial charge on any atom is -0.489 e. The Hall–Kier alpha value is -2.61. The Morgan fingerprint density at radius 1 is 1.15 bits per heavy atom. The van der Waals surface area contributed by atoms with Gasteiger partial charge >= 0.3 is 0 Å². The van der Waals surface area contributed by atoms with Gasteiger partial charge in [-0.3, -0.25) is 19.7 Å². The number of fused-ring (bicyclic) bond motifs is 5. The molecule has 4 heterocycles. The van der Waals surface area contributed by atoms with Crippen LogP contribution in [0.25, 0.3) is 0 Å². The standard InChI is InChI=1S/C18H20N4O4/c23-15-4-2-13(17(24)20-15)22-8-12-11(18(22)25)1-3-14-16(12)21-6-5-19-7-10(21)9-26-14/h1,3,10,13,19H,2,4-9H2,(H,20,23,24)/t10-,13+/m0/s1. The van der Waals surface area contributed by atoms with Gasteiger partial charge in [-0.15, -0.1) is 0 Å². The van der Waals surface area contributed by atoms with Crippen LogP contribution in [-0.4, -0.2) is 60.9 Å². The molecule has 0 spiro atoms. The number of hydrogen-bond donors (Lipinski definition) is 2. The monoisotopic (exact) mass is 356 g/mol. The van der Waals surface area contributed by atoms with E-state index in [1.54, 1.807) is 11.0 Å². The smallest absolute Gasteiger partial charge is 0.255 e.